The fourth-order valence-corrected chi connectivity index (χ4v) is 6.23. The molecule has 1 amide bonds. The first-order valence-corrected chi connectivity index (χ1v) is 13.2. The Labute approximate surface area is 188 Å². The monoisotopic (exact) mass is 481 g/mol. The number of anilines is 1. The molecule has 2 aromatic rings. The number of nitrogens with one attached hydrogen (secondary N) is 2. The number of sulfonamides is 2. The van der Waals surface area contributed by atoms with Gasteiger partial charge in [0.05, 0.1) is 17.5 Å². The zero-order chi connectivity index (χ0) is 23.4. The molecule has 0 radical (unpaired) electrons. The molecular formula is C21H27N3O6S2. The number of carbonyl (C=O) groups excluding carboxylic acids is 1. The van der Waals surface area contributed by atoms with Gasteiger partial charge in [0.15, 0.2) is 0 Å². The van der Waals surface area contributed by atoms with E-state index < -0.39 is 32.0 Å². The lowest BCUT2D eigenvalue weighted by Gasteiger charge is -2.19. The normalized spacial score (nSPS) is 15.9. The molecule has 0 unspecified atom stereocenters. The van der Waals surface area contributed by atoms with E-state index in [0.29, 0.717) is 13.1 Å². The molecule has 1 atom stereocenters. The molecule has 1 aliphatic heterocycles. The van der Waals surface area contributed by atoms with Gasteiger partial charge in [-0.3, -0.25) is 4.79 Å². The lowest BCUT2D eigenvalue weighted by atomic mass is 10.2. The number of hydrogen-bond acceptors (Lipinski definition) is 6. The molecule has 0 spiro atoms. The van der Waals surface area contributed by atoms with E-state index in [2.05, 4.69) is 10.0 Å². The fraction of sp³-hybridized carbons (Fsp3) is 0.381. The minimum atomic E-state index is -3.89. The number of ether oxygens (including phenoxy) is 1. The summed E-state index contributed by atoms with van der Waals surface area (Å²) in [7, 11) is -7.68. The van der Waals surface area contributed by atoms with E-state index in [9.17, 15) is 21.6 Å². The van der Waals surface area contributed by atoms with E-state index in [4.69, 9.17) is 4.74 Å². The second-order valence-electron chi connectivity index (χ2n) is 7.35. The predicted octanol–water partition coefficient (Wildman–Crippen LogP) is 2.18. The maximum absolute atomic E-state index is 13.1. The summed E-state index contributed by atoms with van der Waals surface area (Å²) in [5.41, 5.74) is 0.224. The highest BCUT2D eigenvalue weighted by molar-refractivity contribution is 7.89. The van der Waals surface area contributed by atoms with Gasteiger partial charge in [-0.15, -0.1) is 0 Å². The van der Waals surface area contributed by atoms with Gasteiger partial charge in [0.2, 0.25) is 26.0 Å². The van der Waals surface area contributed by atoms with Crippen LogP contribution in [0.5, 0.6) is 5.75 Å². The van der Waals surface area contributed by atoms with Crippen LogP contribution in [-0.2, 0) is 24.8 Å². The molecule has 0 aromatic heterocycles. The summed E-state index contributed by atoms with van der Waals surface area (Å²) in [6.45, 7) is 4.31. The van der Waals surface area contributed by atoms with Crippen LogP contribution in [0.1, 0.15) is 26.7 Å². The number of nitrogens with zero attached hydrogens (tertiary/aromatic N) is 1. The highest BCUT2D eigenvalue weighted by Gasteiger charge is 2.31. The Bertz CT molecular complexity index is 1160. The zero-order valence-corrected chi connectivity index (χ0v) is 19.6. The standard InChI is InChI=1S/C21H27N3O6S2/c1-3-30-19-12-11-17(15-20(19)32(28,29)24-13-7-8-14-24)22-21(25)16(2)23-31(26,27)18-9-5-4-6-10-18/h4-6,9-12,15-16,23H,3,7-8,13-14H2,1-2H3,(H,22,25)/t16-/m0/s1. The van der Waals surface area contributed by atoms with Crippen molar-refractivity contribution in [1.29, 1.82) is 0 Å². The summed E-state index contributed by atoms with van der Waals surface area (Å²) in [6, 6.07) is 11.0. The molecule has 2 aromatic carbocycles. The van der Waals surface area contributed by atoms with Crippen molar-refractivity contribution in [2.45, 2.75) is 42.5 Å². The Morgan fingerprint density at radius 1 is 1.06 bits per heavy atom. The smallest absolute Gasteiger partial charge is 0.246 e. The summed E-state index contributed by atoms with van der Waals surface area (Å²) in [4.78, 5) is 12.6. The molecule has 32 heavy (non-hydrogen) atoms. The third kappa shape index (κ3) is 5.47. The summed E-state index contributed by atoms with van der Waals surface area (Å²) >= 11 is 0. The first kappa shape index (κ1) is 24.2. The second kappa shape index (κ2) is 9.99. The van der Waals surface area contributed by atoms with Gasteiger partial charge >= 0.3 is 0 Å². The zero-order valence-electron chi connectivity index (χ0n) is 17.9. The lowest BCUT2D eigenvalue weighted by Crippen LogP contribution is -2.41. The Balaban J connectivity index is 1.80. The first-order valence-electron chi connectivity index (χ1n) is 10.3. The first-order chi connectivity index (χ1) is 15.1. The molecule has 1 aliphatic rings. The molecule has 9 nitrogen and oxygen atoms in total. The topological polar surface area (TPSA) is 122 Å². The van der Waals surface area contributed by atoms with E-state index in [1.807, 2.05) is 0 Å². The second-order valence-corrected chi connectivity index (χ2v) is 11.0. The van der Waals surface area contributed by atoms with Crippen LogP contribution < -0.4 is 14.8 Å². The van der Waals surface area contributed by atoms with Gasteiger partial charge in [0.1, 0.15) is 10.6 Å². The van der Waals surface area contributed by atoms with Crippen LogP contribution >= 0.6 is 0 Å². The summed E-state index contributed by atoms with van der Waals surface area (Å²) in [5, 5.41) is 2.58. The van der Waals surface area contributed by atoms with Gasteiger partial charge in [-0.25, -0.2) is 16.8 Å². The number of amides is 1. The Morgan fingerprint density at radius 2 is 1.72 bits per heavy atom. The van der Waals surface area contributed by atoms with Crippen molar-refractivity contribution >= 4 is 31.6 Å². The summed E-state index contributed by atoms with van der Waals surface area (Å²) in [6.07, 6.45) is 1.58. The van der Waals surface area contributed by atoms with E-state index in [1.165, 1.54) is 41.6 Å². The van der Waals surface area contributed by atoms with Crippen LogP contribution in [0.3, 0.4) is 0 Å². The number of rotatable bonds is 9. The Hall–Kier alpha value is -2.47. The van der Waals surface area contributed by atoms with E-state index in [-0.39, 0.29) is 27.8 Å². The van der Waals surface area contributed by atoms with E-state index in [0.717, 1.165) is 12.8 Å². The van der Waals surface area contributed by atoms with Crippen LogP contribution in [0.25, 0.3) is 0 Å². The molecule has 1 heterocycles. The SMILES string of the molecule is CCOc1ccc(NC(=O)[C@H](C)NS(=O)(=O)c2ccccc2)cc1S(=O)(=O)N1CCCC1. The van der Waals surface area contributed by atoms with E-state index >= 15 is 0 Å². The van der Waals surface area contributed by atoms with Crippen LogP contribution in [0.4, 0.5) is 5.69 Å². The molecule has 1 fully saturated rings. The lowest BCUT2D eigenvalue weighted by molar-refractivity contribution is -0.117. The van der Waals surface area contributed by atoms with Gasteiger partial charge in [0, 0.05) is 18.8 Å². The van der Waals surface area contributed by atoms with E-state index in [1.54, 1.807) is 25.1 Å². The fourth-order valence-electron chi connectivity index (χ4n) is 3.33. The molecule has 0 saturated carbocycles. The number of carbonyl (C=O) groups is 1. The molecule has 1 saturated heterocycles. The molecule has 11 heteroatoms. The summed E-state index contributed by atoms with van der Waals surface area (Å²) in [5.74, 6) is -0.423. The van der Waals surface area contributed by atoms with Crippen molar-refractivity contribution in [3.8, 4) is 5.75 Å². The molecule has 174 valence electrons. The minimum absolute atomic E-state index is 0.0310. The number of benzene rings is 2. The third-order valence-corrected chi connectivity index (χ3v) is 8.45. The Morgan fingerprint density at radius 3 is 2.34 bits per heavy atom. The molecule has 0 aliphatic carbocycles. The third-order valence-electron chi connectivity index (χ3n) is 4.97. The average Bonchev–Trinajstić information content (AvgIpc) is 3.31. The largest absolute Gasteiger partial charge is 0.492 e. The summed E-state index contributed by atoms with van der Waals surface area (Å²) < 4.78 is 60.3. The maximum Gasteiger partial charge on any atom is 0.246 e. The predicted molar refractivity (Wildman–Crippen MR) is 120 cm³/mol. The molecule has 3 rings (SSSR count). The van der Waals surface area contributed by atoms with Crippen molar-refractivity contribution in [3.63, 3.8) is 0 Å². The van der Waals surface area contributed by atoms with Gasteiger partial charge in [-0.1, -0.05) is 18.2 Å². The molecule has 2 N–H and O–H groups in total. The van der Waals surface area contributed by atoms with Crippen LogP contribution in [-0.4, -0.2) is 52.8 Å². The van der Waals surface area contributed by atoms with Crippen molar-refractivity contribution in [3.05, 3.63) is 48.5 Å². The van der Waals surface area contributed by atoms with Crippen molar-refractivity contribution in [2.24, 2.45) is 0 Å². The maximum atomic E-state index is 13.1. The van der Waals surface area contributed by atoms with Gasteiger partial charge in [-0.2, -0.15) is 9.03 Å². The molecular weight excluding hydrogens is 454 g/mol. The van der Waals surface area contributed by atoms with Gasteiger partial charge < -0.3 is 10.1 Å². The average molecular weight is 482 g/mol. The van der Waals surface area contributed by atoms with Crippen LogP contribution in [0.2, 0.25) is 0 Å². The van der Waals surface area contributed by atoms with Crippen LogP contribution in [0.15, 0.2) is 58.3 Å². The van der Waals surface area contributed by atoms with Gasteiger partial charge in [-0.05, 0) is 57.0 Å². The Kier molecular flexibility index (Phi) is 7.55. The number of hydrogen-bond donors (Lipinski definition) is 2. The molecule has 0 bridgehead atoms. The van der Waals surface area contributed by atoms with Crippen molar-refractivity contribution in [1.82, 2.24) is 9.03 Å². The quantitative estimate of drug-likeness (QED) is 0.566. The highest BCUT2D eigenvalue weighted by Crippen LogP contribution is 2.31. The highest BCUT2D eigenvalue weighted by atomic mass is 32.2. The minimum Gasteiger partial charge on any atom is -0.492 e. The van der Waals surface area contributed by atoms with Crippen LogP contribution in [0, 0.1) is 0 Å². The van der Waals surface area contributed by atoms with Crippen molar-refractivity contribution < 1.29 is 26.4 Å². The van der Waals surface area contributed by atoms with Gasteiger partial charge in [0.25, 0.3) is 0 Å². The van der Waals surface area contributed by atoms with Crippen molar-refractivity contribution in [2.75, 3.05) is 25.0 Å².